The second-order valence-corrected chi connectivity index (χ2v) is 6.25. The van der Waals surface area contributed by atoms with E-state index < -0.39 is 11.4 Å². The highest BCUT2D eigenvalue weighted by Gasteiger charge is 2.25. The van der Waals surface area contributed by atoms with Crippen LogP contribution in [-0.4, -0.2) is 16.2 Å². The van der Waals surface area contributed by atoms with Gasteiger partial charge in [0.05, 0.1) is 16.7 Å². The maximum atomic E-state index is 13.8. The highest BCUT2D eigenvalue weighted by atomic mass is 19.1. The Morgan fingerprint density at radius 1 is 1.28 bits per heavy atom. The molecule has 1 saturated carbocycles. The van der Waals surface area contributed by atoms with Crippen LogP contribution in [0.1, 0.15) is 29.9 Å². The normalized spacial score (nSPS) is 14.0. The SMILES string of the molecule is N=Cc1c(-c2c(N)c(=O)[nH]c3cc(C4CC4)cnc23)ccc(F)c1N. The minimum atomic E-state index is -0.626. The number of aromatic nitrogens is 2. The first-order chi connectivity index (χ1) is 12.0. The second-order valence-electron chi connectivity index (χ2n) is 6.25. The van der Waals surface area contributed by atoms with E-state index in [-0.39, 0.29) is 16.9 Å². The van der Waals surface area contributed by atoms with Gasteiger partial charge in [-0.3, -0.25) is 9.78 Å². The number of nitrogens with zero attached hydrogens (tertiary/aromatic N) is 1. The molecule has 0 bridgehead atoms. The molecule has 0 radical (unpaired) electrons. The Morgan fingerprint density at radius 3 is 2.72 bits per heavy atom. The Labute approximate surface area is 142 Å². The standard InChI is InChI=1S/C18H16FN5O/c19-12-4-3-10(11(6-20)15(12)21)14-16(22)18(25)24-13-5-9(8-1-2-8)7-23-17(13)14/h3-8,20H,1-2,21-22H2,(H,24,25). The quantitative estimate of drug-likeness (QED) is 0.433. The van der Waals surface area contributed by atoms with Crippen LogP contribution in [0.3, 0.4) is 0 Å². The predicted molar refractivity (Wildman–Crippen MR) is 96.4 cm³/mol. The molecule has 6 N–H and O–H groups in total. The Hall–Kier alpha value is -3.22. The van der Waals surface area contributed by atoms with Crippen LogP contribution in [0.15, 0.2) is 29.2 Å². The fourth-order valence-corrected chi connectivity index (χ4v) is 3.10. The van der Waals surface area contributed by atoms with Crippen molar-refractivity contribution in [2.45, 2.75) is 18.8 Å². The third-order valence-corrected chi connectivity index (χ3v) is 4.60. The molecule has 3 aromatic rings. The van der Waals surface area contributed by atoms with E-state index in [4.69, 9.17) is 16.9 Å². The summed E-state index contributed by atoms with van der Waals surface area (Å²) >= 11 is 0. The first-order valence-corrected chi connectivity index (χ1v) is 7.91. The summed E-state index contributed by atoms with van der Waals surface area (Å²) in [5, 5.41) is 7.58. The molecule has 0 saturated heterocycles. The number of aromatic amines is 1. The van der Waals surface area contributed by atoms with Gasteiger partial charge in [-0.05, 0) is 42.0 Å². The van der Waals surface area contributed by atoms with Crippen LogP contribution in [0.2, 0.25) is 0 Å². The monoisotopic (exact) mass is 337 g/mol. The van der Waals surface area contributed by atoms with Gasteiger partial charge in [-0.25, -0.2) is 4.39 Å². The van der Waals surface area contributed by atoms with Crippen molar-refractivity contribution in [3.8, 4) is 11.1 Å². The van der Waals surface area contributed by atoms with Gasteiger partial charge in [0.15, 0.2) is 0 Å². The minimum absolute atomic E-state index is 0.0340. The number of H-pyrrole nitrogens is 1. The summed E-state index contributed by atoms with van der Waals surface area (Å²) in [5.74, 6) is -0.140. The number of nitrogens with two attached hydrogens (primary N) is 2. The molecular weight excluding hydrogens is 321 g/mol. The molecule has 0 aliphatic heterocycles. The maximum absolute atomic E-state index is 13.8. The van der Waals surface area contributed by atoms with Crippen molar-refractivity contribution in [2.75, 3.05) is 11.5 Å². The molecular formula is C18H16FN5O. The van der Waals surface area contributed by atoms with E-state index in [1.165, 1.54) is 12.1 Å². The molecule has 0 unspecified atom stereocenters. The first kappa shape index (κ1) is 15.3. The summed E-state index contributed by atoms with van der Waals surface area (Å²) in [5.41, 5.74) is 14.2. The molecule has 0 spiro atoms. The van der Waals surface area contributed by atoms with Crippen LogP contribution in [0.5, 0.6) is 0 Å². The number of hydrogen-bond acceptors (Lipinski definition) is 5. The summed E-state index contributed by atoms with van der Waals surface area (Å²) < 4.78 is 13.8. The van der Waals surface area contributed by atoms with Gasteiger partial charge in [0.25, 0.3) is 5.56 Å². The lowest BCUT2D eigenvalue weighted by atomic mass is 9.96. The topological polar surface area (TPSA) is 122 Å². The largest absolute Gasteiger partial charge is 0.396 e. The third-order valence-electron chi connectivity index (χ3n) is 4.60. The number of rotatable bonds is 3. The van der Waals surface area contributed by atoms with Crippen molar-refractivity contribution in [3.05, 3.63) is 51.7 Å². The highest BCUT2D eigenvalue weighted by molar-refractivity contribution is 6.04. The Balaban J connectivity index is 2.07. The molecule has 126 valence electrons. The molecule has 1 aliphatic carbocycles. The molecule has 7 heteroatoms. The van der Waals surface area contributed by atoms with Crippen molar-refractivity contribution < 1.29 is 4.39 Å². The number of nitrogen functional groups attached to an aromatic ring is 2. The van der Waals surface area contributed by atoms with E-state index in [0.29, 0.717) is 28.1 Å². The summed E-state index contributed by atoms with van der Waals surface area (Å²) in [6.45, 7) is 0. The molecule has 1 aromatic carbocycles. The Kier molecular flexibility index (Phi) is 3.31. The van der Waals surface area contributed by atoms with Gasteiger partial charge in [0.2, 0.25) is 0 Å². The number of nitrogens with one attached hydrogen (secondary N) is 2. The van der Waals surface area contributed by atoms with E-state index in [2.05, 4.69) is 9.97 Å². The molecule has 0 amide bonds. The number of halogens is 1. The van der Waals surface area contributed by atoms with E-state index in [1.54, 1.807) is 6.20 Å². The number of fused-ring (bicyclic) bond motifs is 1. The Bertz CT molecular complexity index is 1080. The van der Waals surface area contributed by atoms with Crippen molar-refractivity contribution in [1.82, 2.24) is 9.97 Å². The van der Waals surface area contributed by atoms with Gasteiger partial charge < -0.3 is 21.9 Å². The molecule has 1 fully saturated rings. The van der Waals surface area contributed by atoms with Gasteiger partial charge in [0, 0.05) is 23.5 Å². The summed E-state index contributed by atoms with van der Waals surface area (Å²) in [6, 6.07) is 4.57. The zero-order chi connectivity index (χ0) is 17.7. The average molecular weight is 337 g/mol. The minimum Gasteiger partial charge on any atom is -0.396 e. The fraction of sp³-hybridized carbons (Fsp3) is 0.167. The van der Waals surface area contributed by atoms with Crippen LogP contribution < -0.4 is 17.0 Å². The van der Waals surface area contributed by atoms with E-state index in [0.717, 1.165) is 24.6 Å². The van der Waals surface area contributed by atoms with Gasteiger partial charge in [-0.15, -0.1) is 0 Å². The zero-order valence-corrected chi connectivity index (χ0v) is 13.3. The Morgan fingerprint density at radius 2 is 2.04 bits per heavy atom. The van der Waals surface area contributed by atoms with Crippen LogP contribution in [-0.2, 0) is 0 Å². The van der Waals surface area contributed by atoms with Crippen molar-refractivity contribution in [1.29, 1.82) is 5.41 Å². The van der Waals surface area contributed by atoms with Crippen LogP contribution in [0.4, 0.5) is 15.8 Å². The van der Waals surface area contributed by atoms with E-state index >= 15 is 0 Å². The molecule has 1 aliphatic rings. The van der Waals surface area contributed by atoms with Crippen molar-refractivity contribution in [3.63, 3.8) is 0 Å². The van der Waals surface area contributed by atoms with Gasteiger partial charge >= 0.3 is 0 Å². The number of hydrogen-bond donors (Lipinski definition) is 4. The van der Waals surface area contributed by atoms with E-state index in [1.807, 2.05) is 6.07 Å². The van der Waals surface area contributed by atoms with Crippen LogP contribution in [0, 0.1) is 11.2 Å². The smallest absolute Gasteiger partial charge is 0.272 e. The summed E-state index contributed by atoms with van der Waals surface area (Å²) in [6.07, 6.45) is 4.97. The molecule has 2 heterocycles. The molecule has 25 heavy (non-hydrogen) atoms. The first-order valence-electron chi connectivity index (χ1n) is 7.91. The number of pyridine rings is 2. The predicted octanol–water partition coefficient (Wildman–Crippen LogP) is 2.77. The lowest BCUT2D eigenvalue weighted by molar-refractivity contribution is 0.632. The molecule has 0 atom stereocenters. The number of benzene rings is 1. The lowest BCUT2D eigenvalue weighted by Crippen LogP contribution is -2.15. The van der Waals surface area contributed by atoms with Crippen molar-refractivity contribution in [2.24, 2.45) is 0 Å². The second kappa shape index (κ2) is 5.41. The fourth-order valence-electron chi connectivity index (χ4n) is 3.10. The van der Waals surface area contributed by atoms with Crippen LogP contribution in [0.25, 0.3) is 22.2 Å². The van der Waals surface area contributed by atoms with Gasteiger partial charge in [-0.2, -0.15) is 0 Å². The average Bonchev–Trinajstić information content (AvgIpc) is 3.43. The maximum Gasteiger partial charge on any atom is 0.272 e. The van der Waals surface area contributed by atoms with Crippen molar-refractivity contribution >= 4 is 28.6 Å². The van der Waals surface area contributed by atoms with Gasteiger partial charge in [-0.1, -0.05) is 6.07 Å². The lowest BCUT2D eigenvalue weighted by Gasteiger charge is -2.14. The number of anilines is 2. The summed E-state index contributed by atoms with van der Waals surface area (Å²) in [4.78, 5) is 19.5. The zero-order valence-electron chi connectivity index (χ0n) is 13.3. The van der Waals surface area contributed by atoms with E-state index in [9.17, 15) is 9.18 Å². The van der Waals surface area contributed by atoms with Crippen LogP contribution >= 0.6 is 0 Å². The molecule has 6 nitrogen and oxygen atoms in total. The summed E-state index contributed by atoms with van der Waals surface area (Å²) in [7, 11) is 0. The highest BCUT2D eigenvalue weighted by Crippen LogP contribution is 2.41. The molecule has 2 aromatic heterocycles. The van der Waals surface area contributed by atoms with Gasteiger partial charge in [0.1, 0.15) is 11.5 Å². The third kappa shape index (κ3) is 2.36. The molecule has 4 rings (SSSR count).